The van der Waals surface area contributed by atoms with E-state index in [2.05, 4.69) is 30.9 Å². The summed E-state index contributed by atoms with van der Waals surface area (Å²) in [7, 11) is 0. The van der Waals surface area contributed by atoms with Gasteiger partial charge in [0.25, 0.3) is 0 Å². The number of anilines is 2. The standard InChI is InChI=1S/C19H18BrN9O2/c20-11-5-9(15(21)30)6-12-14(11)28(18(23)26-12)3-1-2-4-29-17-13(27-19(29)24)7-10(8-25-17)16(22)31/h1-2,5-8H,3-4H2,(H2,21,30)(H2,22,31)(H2,23,26)(H2,24,27). The number of allylic oxidation sites excluding steroid dienone is 2. The molecule has 1 aromatic carbocycles. The van der Waals surface area contributed by atoms with Gasteiger partial charge in [-0.05, 0) is 34.1 Å². The molecule has 0 spiro atoms. The molecule has 0 aliphatic heterocycles. The number of rotatable bonds is 6. The monoisotopic (exact) mass is 483 g/mol. The number of hydrogen-bond acceptors (Lipinski definition) is 7. The Labute approximate surface area is 183 Å². The SMILES string of the molecule is NC(=O)c1cnc2c(c1)nc(N)n2CC=CCn1c(N)nc2cc(C(N)=O)cc(Br)c21. The van der Waals surface area contributed by atoms with Crippen molar-refractivity contribution in [2.75, 3.05) is 11.5 Å². The normalized spacial score (nSPS) is 11.6. The molecule has 0 bridgehead atoms. The highest BCUT2D eigenvalue weighted by Crippen LogP contribution is 2.28. The van der Waals surface area contributed by atoms with Gasteiger partial charge in [-0.15, -0.1) is 0 Å². The molecule has 0 saturated heterocycles. The fourth-order valence-corrected chi connectivity index (χ4v) is 3.93. The van der Waals surface area contributed by atoms with Gasteiger partial charge < -0.3 is 27.5 Å². The van der Waals surface area contributed by atoms with E-state index in [0.717, 1.165) is 5.52 Å². The number of benzene rings is 1. The van der Waals surface area contributed by atoms with Gasteiger partial charge in [-0.2, -0.15) is 0 Å². The van der Waals surface area contributed by atoms with Crippen LogP contribution in [0.15, 0.2) is 41.0 Å². The summed E-state index contributed by atoms with van der Waals surface area (Å²) in [5.74, 6) is -0.558. The van der Waals surface area contributed by atoms with Gasteiger partial charge >= 0.3 is 0 Å². The van der Waals surface area contributed by atoms with Crippen LogP contribution in [0.5, 0.6) is 0 Å². The molecule has 4 aromatic rings. The van der Waals surface area contributed by atoms with Crippen molar-refractivity contribution in [2.45, 2.75) is 13.1 Å². The van der Waals surface area contributed by atoms with Crippen molar-refractivity contribution in [3.63, 3.8) is 0 Å². The van der Waals surface area contributed by atoms with Crippen molar-refractivity contribution in [3.05, 3.63) is 52.1 Å². The second kappa shape index (κ2) is 7.72. The van der Waals surface area contributed by atoms with E-state index in [9.17, 15) is 9.59 Å². The van der Waals surface area contributed by atoms with Crippen molar-refractivity contribution in [1.29, 1.82) is 0 Å². The maximum Gasteiger partial charge on any atom is 0.250 e. The fraction of sp³-hybridized carbons (Fsp3) is 0.105. The number of imidazole rings is 2. The lowest BCUT2D eigenvalue weighted by Crippen LogP contribution is -2.11. The number of primary amides is 2. The number of nitrogens with two attached hydrogens (primary N) is 4. The van der Waals surface area contributed by atoms with Crippen molar-refractivity contribution >= 4 is 61.8 Å². The van der Waals surface area contributed by atoms with Crippen LogP contribution in [0.3, 0.4) is 0 Å². The molecule has 0 unspecified atom stereocenters. The van der Waals surface area contributed by atoms with E-state index in [-0.39, 0.29) is 11.5 Å². The Kier molecular flexibility index (Phi) is 5.07. The minimum atomic E-state index is -0.582. The molecule has 158 valence electrons. The highest BCUT2D eigenvalue weighted by Gasteiger charge is 2.14. The zero-order chi connectivity index (χ0) is 22.3. The van der Waals surface area contributed by atoms with Crippen LogP contribution in [0.2, 0.25) is 0 Å². The molecule has 8 N–H and O–H groups in total. The first-order chi connectivity index (χ1) is 14.8. The number of carbonyl (C=O) groups excluding carboxylic acids is 2. The Morgan fingerprint density at radius 1 is 0.903 bits per heavy atom. The lowest BCUT2D eigenvalue weighted by atomic mass is 10.2. The second-order valence-electron chi connectivity index (χ2n) is 6.75. The van der Waals surface area contributed by atoms with Crippen LogP contribution in [0.4, 0.5) is 11.9 Å². The van der Waals surface area contributed by atoms with Crippen LogP contribution in [-0.2, 0) is 13.1 Å². The first-order valence-corrected chi connectivity index (χ1v) is 9.87. The molecule has 0 aliphatic carbocycles. The predicted molar refractivity (Wildman–Crippen MR) is 120 cm³/mol. The maximum absolute atomic E-state index is 11.5. The molecule has 0 saturated carbocycles. The first-order valence-electron chi connectivity index (χ1n) is 9.08. The Bertz CT molecular complexity index is 1390. The van der Waals surface area contributed by atoms with Gasteiger partial charge in [-0.25, -0.2) is 15.0 Å². The van der Waals surface area contributed by atoms with Gasteiger partial charge in [0.15, 0.2) is 5.65 Å². The molecule has 11 nitrogen and oxygen atoms in total. The number of halogens is 1. The molecule has 0 radical (unpaired) electrons. The van der Waals surface area contributed by atoms with Gasteiger partial charge in [0.1, 0.15) is 5.52 Å². The summed E-state index contributed by atoms with van der Waals surface area (Å²) in [5, 5.41) is 0. The van der Waals surface area contributed by atoms with Crippen LogP contribution in [0.1, 0.15) is 20.7 Å². The van der Waals surface area contributed by atoms with Gasteiger partial charge in [0.05, 0.1) is 16.6 Å². The van der Waals surface area contributed by atoms with E-state index >= 15 is 0 Å². The zero-order valence-electron chi connectivity index (χ0n) is 16.1. The number of pyridine rings is 1. The first kappa shape index (κ1) is 20.3. The summed E-state index contributed by atoms with van der Waals surface area (Å²) in [6, 6.07) is 4.79. The highest BCUT2D eigenvalue weighted by molar-refractivity contribution is 9.10. The van der Waals surface area contributed by atoms with Gasteiger partial charge in [-0.1, -0.05) is 12.2 Å². The van der Waals surface area contributed by atoms with Crippen molar-refractivity contribution in [1.82, 2.24) is 24.1 Å². The maximum atomic E-state index is 11.5. The number of amides is 2. The summed E-state index contributed by atoms with van der Waals surface area (Å²) in [6.45, 7) is 0.841. The number of carbonyl (C=O) groups is 2. The highest BCUT2D eigenvalue weighted by atomic mass is 79.9. The molecule has 0 fully saturated rings. The Morgan fingerprint density at radius 3 is 2.16 bits per heavy atom. The van der Waals surface area contributed by atoms with E-state index in [0.29, 0.717) is 45.8 Å². The average molecular weight is 484 g/mol. The van der Waals surface area contributed by atoms with Gasteiger partial charge in [-0.3, -0.25) is 14.2 Å². The molecule has 0 atom stereocenters. The third-order valence-electron chi connectivity index (χ3n) is 4.75. The molecule has 2 amide bonds. The van der Waals surface area contributed by atoms with Crippen LogP contribution in [0, 0.1) is 0 Å². The molecular weight excluding hydrogens is 466 g/mol. The topological polar surface area (TPSA) is 187 Å². The Hall–Kier alpha value is -3.93. The predicted octanol–water partition coefficient (Wildman–Crippen LogP) is 1.16. The minimum absolute atomic E-state index is 0.264. The molecule has 4 rings (SSSR count). The lowest BCUT2D eigenvalue weighted by molar-refractivity contribution is 0.0991. The van der Waals surface area contributed by atoms with E-state index in [1.807, 2.05) is 12.2 Å². The Balaban J connectivity index is 1.58. The molecule has 3 heterocycles. The quantitative estimate of drug-likeness (QED) is 0.296. The summed E-state index contributed by atoms with van der Waals surface area (Å²) in [5.41, 5.74) is 25.6. The smallest absolute Gasteiger partial charge is 0.250 e. The third kappa shape index (κ3) is 3.68. The van der Waals surface area contributed by atoms with Gasteiger partial charge in [0, 0.05) is 29.3 Å². The largest absolute Gasteiger partial charge is 0.369 e. The second-order valence-corrected chi connectivity index (χ2v) is 7.61. The van der Waals surface area contributed by atoms with E-state index in [1.54, 1.807) is 27.3 Å². The number of fused-ring (bicyclic) bond motifs is 2. The fourth-order valence-electron chi connectivity index (χ4n) is 3.27. The van der Waals surface area contributed by atoms with Crippen LogP contribution < -0.4 is 22.9 Å². The number of nitrogen functional groups attached to an aromatic ring is 2. The van der Waals surface area contributed by atoms with Gasteiger partial charge in [0.2, 0.25) is 23.7 Å². The van der Waals surface area contributed by atoms with Crippen molar-refractivity contribution < 1.29 is 9.59 Å². The summed E-state index contributed by atoms with van der Waals surface area (Å²) >= 11 is 3.45. The number of nitrogens with zero attached hydrogens (tertiary/aromatic N) is 5. The number of aromatic nitrogens is 5. The summed E-state index contributed by atoms with van der Waals surface area (Å²) < 4.78 is 4.17. The van der Waals surface area contributed by atoms with E-state index in [1.165, 1.54) is 6.20 Å². The van der Waals surface area contributed by atoms with E-state index < -0.39 is 11.8 Å². The number of hydrogen-bond donors (Lipinski definition) is 4. The molecule has 31 heavy (non-hydrogen) atoms. The minimum Gasteiger partial charge on any atom is -0.369 e. The zero-order valence-corrected chi connectivity index (χ0v) is 17.7. The van der Waals surface area contributed by atoms with Crippen molar-refractivity contribution in [3.8, 4) is 0 Å². The lowest BCUT2D eigenvalue weighted by Gasteiger charge is -2.06. The van der Waals surface area contributed by atoms with E-state index in [4.69, 9.17) is 22.9 Å². The summed E-state index contributed by atoms with van der Waals surface area (Å²) in [4.78, 5) is 35.6. The molecule has 12 heteroatoms. The Morgan fingerprint density at radius 2 is 1.48 bits per heavy atom. The molecule has 0 aliphatic rings. The van der Waals surface area contributed by atoms with Crippen LogP contribution in [0.25, 0.3) is 22.2 Å². The summed E-state index contributed by atoms with van der Waals surface area (Å²) in [6.07, 6.45) is 5.18. The third-order valence-corrected chi connectivity index (χ3v) is 5.36. The molecular formula is C19H18BrN9O2. The average Bonchev–Trinajstić information content (AvgIpc) is 3.20. The van der Waals surface area contributed by atoms with Crippen molar-refractivity contribution in [2.24, 2.45) is 11.5 Å². The van der Waals surface area contributed by atoms with Crippen LogP contribution >= 0.6 is 15.9 Å². The van der Waals surface area contributed by atoms with Crippen LogP contribution in [-0.4, -0.2) is 35.9 Å². The molecule has 3 aromatic heterocycles.